The van der Waals surface area contributed by atoms with Crippen molar-refractivity contribution in [2.75, 3.05) is 38.6 Å². The van der Waals surface area contributed by atoms with Crippen molar-refractivity contribution in [2.45, 2.75) is 150 Å². The Morgan fingerprint density at radius 2 is 1.40 bits per heavy atom. The highest BCUT2D eigenvalue weighted by molar-refractivity contribution is 6.12. The van der Waals surface area contributed by atoms with Gasteiger partial charge in [-0.25, -0.2) is 19.2 Å². The number of methoxy groups -OCH3 is 1. The minimum absolute atomic E-state index is 0.100. The number of urea groups is 1. The summed E-state index contributed by atoms with van der Waals surface area (Å²) in [5.41, 5.74) is 5.81. The van der Waals surface area contributed by atoms with Gasteiger partial charge in [0.25, 0.3) is 11.8 Å². The van der Waals surface area contributed by atoms with E-state index in [1.165, 1.54) is 31.5 Å². The number of hydrogen-bond acceptors (Lipinski definition) is 15. The molecule has 1 aromatic carbocycles. The quantitative estimate of drug-likeness (QED) is 0.0120. The van der Waals surface area contributed by atoms with Crippen LogP contribution in [0.5, 0.6) is 5.75 Å². The number of nitrogens with two attached hydrogens (primary N) is 1. The Kier molecular flexibility index (Phi) is 32.1. The third-order valence-corrected chi connectivity index (χ3v) is 13.3. The van der Waals surface area contributed by atoms with Gasteiger partial charge >= 0.3 is 23.8 Å². The Morgan fingerprint density at radius 3 is 2.03 bits per heavy atom. The number of benzene rings is 1. The summed E-state index contributed by atoms with van der Waals surface area (Å²) in [5, 5.41) is 21.5. The molecule has 0 unspecified atom stereocenters. The number of primary amides is 1. The topological polar surface area (TPSA) is 354 Å². The summed E-state index contributed by atoms with van der Waals surface area (Å²) in [7, 11) is 1.39. The lowest BCUT2D eigenvalue weighted by molar-refractivity contribution is -0.137. The molecule has 3 rings (SSSR count). The molecule has 1 aromatic heterocycles. The normalized spacial score (nSPS) is 14.3. The number of imide groups is 1. The smallest absolute Gasteiger partial charge is 0.407 e. The first-order valence-electron chi connectivity index (χ1n) is 29.3. The first-order chi connectivity index (χ1) is 41.8. The largest absolute Gasteiger partial charge is 0.490 e. The molecular weight excluding hydrogens is 1140 g/mol. The standard InChI is InChI=1S/C63H88N10O15/c1-10-11-21-46(22-17-34-65-58(80)55(63(6,7)8)72-51(75)25-15-14-20-42(4)39-43(5)48-30-31-49(85-9)59(81)88-48)87-62(84)68-37-19-36-67-61(83)86-40-44-26-28-45(29-27-44)69-56(78)47(23-18-35-66-60(64)82)70-57(79)54(41(2)3)71-50(74)24-13-12-16-38-73-52(76)32-33-53(73)77/h10-11,14-15,17,20,25-34,39,41,43,46-47,54-55H,12-13,16,18-19,21-24,35-38,40H2,1-9H3,(H,65,80)(H,67,83)(H,68,84)(H,69,78)(H,70,79)(H,71,74)(H,72,75)(H3,64,66,82)/b11-10-,20-14-,25-15-,34-17-,42-39+/t43-,46-,47-,54-,55+/m0/s1. The minimum atomic E-state index is -1.08. The fourth-order valence-electron chi connectivity index (χ4n) is 8.47. The SMILES string of the molecule is C/C=C\C[C@@H](C/C=C\NC(=O)[C@@H](NC(=O)\C=C/C=C\C(C)=C\[C@H](C)c1ccc(OC)c(=O)o1)C(C)(C)C)OC(=O)NCCCNC(=O)OCc1ccc(NC(=O)[C@H](CCCNC(N)=O)NC(=O)[C@@H](NC(=O)CCCCCN2C(=O)C=CC2=O)C(C)C)cc1. The lowest BCUT2D eigenvalue weighted by Gasteiger charge is -2.29. The van der Waals surface area contributed by atoms with Crippen LogP contribution in [-0.2, 0) is 49.6 Å². The highest BCUT2D eigenvalue weighted by Crippen LogP contribution is 2.21. The zero-order valence-electron chi connectivity index (χ0n) is 51.8. The number of anilines is 1. The van der Waals surface area contributed by atoms with Crippen molar-refractivity contribution in [2.24, 2.45) is 17.1 Å². The van der Waals surface area contributed by atoms with Gasteiger partial charge in [-0.2, -0.15) is 0 Å². The van der Waals surface area contributed by atoms with Crippen LogP contribution in [0.15, 0.2) is 118 Å². The van der Waals surface area contributed by atoms with E-state index >= 15 is 0 Å². The molecule has 10 N–H and O–H groups in total. The fourth-order valence-corrected chi connectivity index (χ4v) is 8.47. The second kappa shape index (κ2) is 38.7. The Bertz CT molecular complexity index is 2920. The van der Waals surface area contributed by atoms with E-state index in [1.807, 2.05) is 59.8 Å². The van der Waals surface area contributed by atoms with E-state index in [2.05, 4.69) is 42.5 Å². The summed E-state index contributed by atoms with van der Waals surface area (Å²) in [5.74, 6) is -3.15. The highest BCUT2D eigenvalue weighted by Gasteiger charge is 2.32. The number of ether oxygens (including phenoxy) is 3. The molecule has 0 saturated heterocycles. The van der Waals surface area contributed by atoms with Crippen LogP contribution < -0.4 is 58.6 Å². The Balaban J connectivity index is 1.41. The Hall–Kier alpha value is -9.29. The van der Waals surface area contributed by atoms with Crippen molar-refractivity contribution in [3.05, 3.63) is 131 Å². The zero-order valence-corrected chi connectivity index (χ0v) is 51.8. The van der Waals surface area contributed by atoms with Crippen molar-refractivity contribution in [1.82, 2.24) is 42.1 Å². The number of hydrogen-bond donors (Lipinski definition) is 9. The van der Waals surface area contributed by atoms with Crippen LogP contribution in [0.4, 0.5) is 20.1 Å². The molecule has 11 amide bonds. The summed E-state index contributed by atoms with van der Waals surface area (Å²) >= 11 is 0. The van der Waals surface area contributed by atoms with Crippen molar-refractivity contribution in [3.8, 4) is 5.75 Å². The maximum Gasteiger partial charge on any atom is 0.407 e. The van der Waals surface area contributed by atoms with Crippen LogP contribution in [0, 0.1) is 11.3 Å². The molecule has 0 saturated carbocycles. The first kappa shape index (κ1) is 73.0. The maximum atomic E-state index is 13.6. The molecule has 0 aliphatic carbocycles. The van der Waals surface area contributed by atoms with Crippen molar-refractivity contribution >= 4 is 65.3 Å². The molecule has 2 heterocycles. The van der Waals surface area contributed by atoms with E-state index in [0.29, 0.717) is 49.1 Å². The average Bonchev–Trinajstić information content (AvgIpc) is 3.98. The number of nitrogens with zero attached hydrogens (tertiary/aromatic N) is 1. The Morgan fingerprint density at radius 1 is 0.739 bits per heavy atom. The van der Waals surface area contributed by atoms with Crippen LogP contribution in [0.3, 0.4) is 0 Å². The summed E-state index contributed by atoms with van der Waals surface area (Å²) in [4.78, 5) is 139. The van der Waals surface area contributed by atoms with Gasteiger partial charge in [-0.15, -0.1) is 0 Å². The number of alkyl carbamates (subject to hydrolysis) is 2. The number of unbranched alkanes of at least 4 members (excludes halogenated alkanes) is 2. The highest BCUT2D eigenvalue weighted by atomic mass is 16.6. The summed E-state index contributed by atoms with van der Waals surface area (Å²) in [6.07, 6.45) is 18.5. The average molecular weight is 1230 g/mol. The molecular formula is C63H88N10O15. The number of amides is 11. The number of carbonyl (C=O) groups is 10. The van der Waals surface area contributed by atoms with Crippen LogP contribution >= 0.6 is 0 Å². The first-order valence-corrected chi connectivity index (χ1v) is 29.3. The molecule has 0 radical (unpaired) electrons. The van der Waals surface area contributed by atoms with Gasteiger partial charge in [0.2, 0.25) is 35.3 Å². The van der Waals surface area contributed by atoms with Crippen LogP contribution in [0.1, 0.15) is 130 Å². The number of carbonyl (C=O) groups excluding carboxylic acids is 10. The molecule has 25 heteroatoms. The van der Waals surface area contributed by atoms with Crippen LogP contribution in [-0.4, -0.2) is 122 Å². The molecule has 88 heavy (non-hydrogen) atoms. The van der Waals surface area contributed by atoms with Crippen LogP contribution in [0.2, 0.25) is 0 Å². The van der Waals surface area contributed by atoms with E-state index in [0.717, 1.165) is 10.5 Å². The van der Waals surface area contributed by atoms with Gasteiger partial charge in [0.1, 0.15) is 36.6 Å². The summed E-state index contributed by atoms with van der Waals surface area (Å²) in [6, 6.07) is 5.98. The van der Waals surface area contributed by atoms with E-state index in [9.17, 15) is 52.7 Å². The molecule has 1 aliphatic heterocycles. The lowest BCUT2D eigenvalue weighted by atomic mass is 9.86. The van der Waals surface area contributed by atoms with Gasteiger partial charge in [-0.05, 0) is 93.3 Å². The third-order valence-electron chi connectivity index (χ3n) is 13.3. The van der Waals surface area contributed by atoms with Gasteiger partial charge in [-0.3, -0.25) is 38.5 Å². The summed E-state index contributed by atoms with van der Waals surface area (Å²) in [6.45, 7) is 15.1. The predicted molar refractivity (Wildman–Crippen MR) is 331 cm³/mol. The van der Waals surface area contributed by atoms with E-state index < -0.39 is 77.1 Å². The van der Waals surface area contributed by atoms with E-state index in [4.69, 9.17) is 24.4 Å². The maximum absolute atomic E-state index is 13.6. The van der Waals surface area contributed by atoms with Crippen molar-refractivity contribution in [3.63, 3.8) is 0 Å². The minimum Gasteiger partial charge on any atom is -0.490 e. The van der Waals surface area contributed by atoms with Gasteiger partial charge < -0.3 is 66.9 Å². The number of allylic oxidation sites excluding steroid dienone is 6. The predicted octanol–water partition coefficient (Wildman–Crippen LogP) is 6.24. The molecule has 5 atom stereocenters. The fraction of sp³-hybridized carbons (Fsp3) is 0.476. The van der Waals surface area contributed by atoms with Crippen molar-refractivity contribution in [1.29, 1.82) is 0 Å². The number of nitrogens with one attached hydrogen (secondary N) is 8. The molecule has 2 aromatic rings. The zero-order chi connectivity index (χ0) is 65.2. The monoisotopic (exact) mass is 1220 g/mol. The molecule has 0 spiro atoms. The van der Waals surface area contributed by atoms with Crippen LogP contribution in [0.25, 0.3) is 0 Å². The third kappa shape index (κ3) is 28.3. The second-order valence-corrected chi connectivity index (χ2v) is 22.1. The Labute approximate surface area is 514 Å². The van der Waals surface area contributed by atoms with E-state index in [1.54, 1.807) is 74.5 Å². The van der Waals surface area contributed by atoms with E-state index in [-0.39, 0.29) is 93.8 Å². The molecule has 480 valence electrons. The molecule has 0 bridgehead atoms. The van der Waals surface area contributed by atoms with Gasteiger partial charge in [0, 0.05) is 75.3 Å². The molecule has 25 nitrogen and oxygen atoms in total. The van der Waals surface area contributed by atoms with Gasteiger partial charge in [0.15, 0.2) is 0 Å². The molecule has 1 aliphatic rings. The summed E-state index contributed by atoms with van der Waals surface area (Å²) < 4.78 is 21.3. The molecule has 0 fully saturated rings. The second-order valence-electron chi connectivity index (χ2n) is 22.1. The van der Waals surface area contributed by atoms with Crippen molar-refractivity contribution < 1.29 is 66.6 Å². The number of rotatable bonds is 36. The lowest BCUT2D eigenvalue weighted by Crippen LogP contribution is -2.54. The van der Waals surface area contributed by atoms with Gasteiger partial charge in [-0.1, -0.05) is 108 Å². The van der Waals surface area contributed by atoms with Gasteiger partial charge in [0.05, 0.1) is 7.11 Å².